The van der Waals surface area contributed by atoms with Crippen LogP contribution in [0.25, 0.3) is 20.5 Å². The van der Waals surface area contributed by atoms with E-state index in [0.717, 1.165) is 45.5 Å². The molecule has 5 rings (SSSR count). The molecule has 0 radical (unpaired) electrons. The van der Waals surface area contributed by atoms with E-state index in [-0.39, 0.29) is 22.3 Å². The van der Waals surface area contributed by atoms with Crippen molar-refractivity contribution < 1.29 is 24.5 Å². The van der Waals surface area contributed by atoms with Gasteiger partial charge in [-0.25, -0.2) is 0 Å². The van der Waals surface area contributed by atoms with Crippen LogP contribution in [0.4, 0.5) is 0 Å². The number of phenolic OH excluding ortho intramolecular Hbond substituents is 1. The first-order valence-corrected chi connectivity index (χ1v) is 17.9. The number of phenols is 1. The van der Waals surface area contributed by atoms with Crippen LogP contribution in [0.1, 0.15) is 61.4 Å². The Morgan fingerprint density at radius 1 is 0.976 bits per heavy atom. The van der Waals surface area contributed by atoms with Crippen molar-refractivity contribution in [2.24, 2.45) is 0 Å². The van der Waals surface area contributed by atoms with Crippen molar-refractivity contribution in [2.75, 3.05) is 26.1 Å². The Bertz CT molecular complexity index is 1680. The summed E-state index contributed by atoms with van der Waals surface area (Å²) in [5.41, 5.74) is 1.75. The SMILES string of the molecule is [2H]C([2H])(Oc1ccc(C(=O)c2c(-c3ccc(O[Si](C)(C)C(C)(C)C)cc3)sc3cc(O)ccc23)cc1)C([2H])([2H])N1CCCCC1. The minimum Gasteiger partial charge on any atom is -0.544 e. The second-order valence-electron chi connectivity index (χ2n) is 12.1. The standard InChI is InChI=1S/C34H41NO4SSi/c1-34(2,3)41(4,5)39-28-16-11-25(12-17-28)33-31(29-18-13-26(36)23-30(29)40-33)32(37)24-9-14-27(15-10-24)38-22-21-35-19-7-6-8-20-35/h9-18,23,36H,6-8,19-22H2,1-5H3/i21D2,22D2. The van der Waals surface area contributed by atoms with Gasteiger partial charge in [0, 0.05) is 35.3 Å². The summed E-state index contributed by atoms with van der Waals surface area (Å²) < 4.78 is 46.6. The molecule has 0 unspecified atom stereocenters. The number of likely N-dealkylation sites (tertiary alicyclic amines) is 1. The number of thiophene rings is 1. The number of piperidine rings is 1. The molecule has 0 atom stereocenters. The Balaban J connectivity index is 1.43. The number of carbonyl (C=O) groups is 1. The molecule has 2 heterocycles. The Morgan fingerprint density at radius 2 is 1.63 bits per heavy atom. The van der Waals surface area contributed by atoms with Gasteiger partial charge in [-0.1, -0.05) is 27.2 Å². The van der Waals surface area contributed by atoms with E-state index in [1.165, 1.54) is 28.4 Å². The van der Waals surface area contributed by atoms with Crippen LogP contribution in [0, 0.1) is 0 Å². The summed E-state index contributed by atoms with van der Waals surface area (Å²) in [5.74, 6) is 0.821. The number of nitrogens with zero attached hydrogens (tertiary/aromatic N) is 1. The lowest BCUT2D eigenvalue weighted by atomic mass is 9.97. The maximum Gasteiger partial charge on any atom is 0.250 e. The summed E-state index contributed by atoms with van der Waals surface area (Å²) >= 11 is 1.43. The van der Waals surface area contributed by atoms with Crippen LogP contribution >= 0.6 is 11.3 Å². The molecule has 1 aliphatic heterocycles. The predicted molar refractivity (Wildman–Crippen MR) is 172 cm³/mol. The number of ether oxygens (including phenoxy) is 1. The second kappa shape index (κ2) is 12.0. The fourth-order valence-electron chi connectivity index (χ4n) is 4.61. The maximum absolute atomic E-state index is 14.1. The van der Waals surface area contributed by atoms with Gasteiger partial charge in [0.05, 0.1) is 2.74 Å². The first-order valence-electron chi connectivity index (χ1n) is 16.1. The smallest absolute Gasteiger partial charge is 0.250 e. The van der Waals surface area contributed by atoms with E-state index in [1.54, 1.807) is 30.3 Å². The lowest BCUT2D eigenvalue weighted by Crippen LogP contribution is -2.43. The molecule has 1 N–H and O–H groups in total. The van der Waals surface area contributed by atoms with Gasteiger partial charge in [0.15, 0.2) is 5.78 Å². The zero-order chi connectivity index (χ0) is 32.8. The van der Waals surface area contributed by atoms with Gasteiger partial charge in [-0.2, -0.15) is 0 Å². The molecule has 1 aromatic heterocycles. The van der Waals surface area contributed by atoms with Crippen LogP contribution in [-0.4, -0.2) is 50.3 Å². The van der Waals surface area contributed by atoms with Crippen molar-refractivity contribution in [1.82, 2.24) is 4.90 Å². The van der Waals surface area contributed by atoms with Crippen LogP contribution in [0.2, 0.25) is 18.1 Å². The fraction of sp³-hybridized carbons (Fsp3) is 0.382. The minimum atomic E-state index is -2.60. The van der Waals surface area contributed by atoms with Gasteiger partial charge in [0.25, 0.3) is 0 Å². The summed E-state index contributed by atoms with van der Waals surface area (Å²) in [6.45, 7) is 7.02. The van der Waals surface area contributed by atoms with Gasteiger partial charge in [0.1, 0.15) is 23.8 Å². The van der Waals surface area contributed by atoms with Crippen LogP contribution in [0.5, 0.6) is 17.2 Å². The number of fused-ring (bicyclic) bond motifs is 1. The molecular formula is C34H41NO4SSi. The molecule has 5 nitrogen and oxygen atoms in total. The van der Waals surface area contributed by atoms with Crippen LogP contribution < -0.4 is 9.16 Å². The Labute approximate surface area is 254 Å². The molecule has 216 valence electrons. The largest absolute Gasteiger partial charge is 0.544 e. The number of carbonyl (C=O) groups excluding carboxylic acids is 1. The zero-order valence-electron chi connectivity index (χ0n) is 28.4. The number of rotatable bonds is 9. The van der Waals surface area contributed by atoms with E-state index in [2.05, 4.69) is 33.9 Å². The molecule has 0 spiro atoms. The van der Waals surface area contributed by atoms with Crippen molar-refractivity contribution in [1.29, 1.82) is 0 Å². The Kier molecular flexibility index (Phi) is 7.16. The van der Waals surface area contributed by atoms with Crippen LogP contribution in [0.15, 0.2) is 66.7 Å². The summed E-state index contributed by atoms with van der Waals surface area (Å²) in [4.78, 5) is 16.3. The molecule has 0 bridgehead atoms. The van der Waals surface area contributed by atoms with Crippen LogP contribution in [0.3, 0.4) is 0 Å². The number of hydrogen-bond acceptors (Lipinski definition) is 6. The van der Waals surface area contributed by atoms with Gasteiger partial charge in [0.2, 0.25) is 8.32 Å². The molecule has 41 heavy (non-hydrogen) atoms. The highest BCUT2D eigenvalue weighted by molar-refractivity contribution is 7.22. The number of aromatic hydroxyl groups is 1. The third kappa shape index (κ3) is 6.69. The van der Waals surface area contributed by atoms with Crippen LogP contribution in [-0.2, 0) is 0 Å². The van der Waals surface area contributed by atoms with E-state index in [4.69, 9.17) is 14.6 Å². The Hall–Kier alpha value is -3.13. The van der Waals surface area contributed by atoms with Gasteiger partial charge >= 0.3 is 0 Å². The topological polar surface area (TPSA) is 59.0 Å². The second-order valence-corrected chi connectivity index (χ2v) is 17.9. The molecule has 3 aromatic carbocycles. The zero-order valence-corrected chi connectivity index (χ0v) is 26.2. The molecule has 1 aliphatic rings. The molecule has 0 aliphatic carbocycles. The highest BCUT2D eigenvalue weighted by Gasteiger charge is 2.39. The molecule has 0 amide bonds. The summed E-state index contributed by atoms with van der Waals surface area (Å²) in [6, 6.07) is 18.9. The van der Waals surface area contributed by atoms with E-state index in [9.17, 15) is 9.90 Å². The summed E-state index contributed by atoms with van der Waals surface area (Å²) in [7, 11) is -2.02. The lowest BCUT2D eigenvalue weighted by Gasteiger charge is -2.36. The van der Waals surface area contributed by atoms with E-state index in [0.29, 0.717) is 24.2 Å². The van der Waals surface area contributed by atoms with E-state index in [1.807, 2.05) is 24.3 Å². The molecule has 1 fully saturated rings. The summed E-state index contributed by atoms with van der Waals surface area (Å²) in [6.07, 6.45) is 2.64. The van der Waals surface area contributed by atoms with Crippen molar-refractivity contribution in [3.8, 4) is 27.7 Å². The fourth-order valence-corrected chi connectivity index (χ4v) is 6.88. The van der Waals surface area contributed by atoms with Crippen molar-refractivity contribution in [3.05, 3.63) is 77.9 Å². The van der Waals surface area contributed by atoms with Crippen molar-refractivity contribution in [3.63, 3.8) is 0 Å². The lowest BCUT2D eigenvalue weighted by molar-refractivity contribution is 0.104. The van der Waals surface area contributed by atoms with Gasteiger partial charge in [-0.15, -0.1) is 11.3 Å². The molecule has 0 saturated carbocycles. The molecule has 4 aromatic rings. The third-order valence-electron chi connectivity index (χ3n) is 8.04. The first kappa shape index (κ1) is 24.5. The van der Waals surface area contributed by atoms with E-state index >= 15 is 0 Å². The predicted octanol–water partition coefficient (Wildman–Crippen LogP) is 8.75. The highest BCUT2D eigenvalue weighted by atomic mass is 32.1. The number of ketones is 1. The minimum absolute atomic E-state index is 0.0566. The molecule has 7 heteroatoms. The first-order chi connectivity index (χ1) is 21.0. The molecular weight excluding hydrogens is 547 g/mol. The Morgan fingerprint density at radius 3 is 2.29 bits per heavy atom. The quantitative estimate of drug-likeness (QED) is 0.156. The van der Waals surface area contributed by atoms with Crippen molar-refractivity contribution in [2.45, 2.75) is 58.2 Å². The van der Waals surface area contributed by atoms with Gasteiger partial charge < -0.3 is 14.3 Å². The number of hydrogen-bond donors (Lipinski definition) is 1. The van der Waals surface area contributed by atoms with E-state index < -0.39 is 21.4 Å². The average molecular weight is 592 g/mol. The maximum atomic E-state index is 14.1. The number of benzene rings is 3. The van der Waals surface area contributed by atoms with Gasteiger partial charge in [-0.05, 0) is 116 Å². The average Bonchev–Trinajstić information content (AvgIpc) is 3.35. The normalized spacial score (nSPS) is 16.9. The van der Waals surface area contributed by atoms with Crippen molar-refractivity contribution >= 4 is 35.5 Å². The van der Waals surface area contributed by atoms with Gasteiger partial charge in [-0.3, -0.25) is 9.69 Å². The summed E-state index contributed by atoms with van der Waals surface area (Å²) in [5, 5.41) is 10.9. The highest BCUT2D eigenvalue weighted by Crippen LogP contribution is 2.42. The third-order valence-corrected chi connectivity index (χ3v) is 13.6. The molecule has 1 saturated heterocycles. The monoisotopic (exact) mass is 591 g/mol.